The molecule has 0 aliphatic carbocycles. The van der Waals surface area contributed by atoms with Gasteiger partial charge in [-0.25, -0.2) is 14.8 Å². The van der Waals surface area contributed by atoms with E-state index in [0.717, 1.165) is 18.9 Å². The van der Waals surface area contributed by atoms with E-state index in [1.807, 2.05) is 18.2 Å². The van der Waals surface area contributed by atoms with Crippen LogP contribution in [-0.2, 0) is 11.2 Å². The number of urea groups is 1. The van der Waals surface area contributed by atoms with Crippen LogP contribution in [0.1, 0.15) is 5.69 Å². The molecule has 2 aromatic heterocycles. The van der Waals surface area contributed by atoms with Crippen molar-refractivity contribution >= 4 is 34.2 Å². The predicted octanol–water partition coefficient (Wildman–Crippen LogP) is 0.543. The lowest BCUT2D eigenvalue weighted by molar-refractivity contribution is -0.120. The minimum absolute atomic E-state index is 0.0995. The van der Waals surface area contributed by atoms with Crippen molar-refractivity contribution in [3.05, 3.63) is 35.5 Å². The third-order valence-electron chi connectivity index (χ3n) is 4.08. The van der Waals surface area contributed by atoms with Crippen molar-refractivity contribution in [2.24, 2.45) is 0 Å². The highest BCUT2D eigenvalue weighted by Gasteiger charge is 2.22. The molecule has 0 aromatic carbocycles. The Labute approximate surface area is 161 Å². The standard InChI is InChI=1S/C17H22N6O3S/c24-10-5-19-15(25)11-13-12-27-16(20-13)21-17(26)23-8-6-22(7-9-23)14-3-1-2-4-18-14/h1-4,12,24H,5-11H2,(H,19,25)(H,20,21,26). The van der Waals surface area contributed by atoms with Crippen molar-refractivity contribution < 1.29 is 14.7 Å². The third-order valence-corrected chi connectivity index (χ3v) is 4.89. The number of nitrogens with zero attached hydrogens (tertiary/aromatic N) is 4. The van der Waals surface area contributed by atoms with Gasteiger partial charge in [0.05, 0.1) is 18.7 Å². The predicted molar refractivity (Wildman–Crippen MR) is 103 cm³/mol. The Morgan fingerprint density at radius 2 is 2.04 bits per heavy atom. The van der Waals surface area contributed by atoms with E-state index in [0.29, 0.717) is 23.9 Å². The molecule has 3 N–H and O–H groups in total. The van der Waals surface area contributed by atoms with Crippen LogP contribution in [0.4, 0.5) is 15.7 Å². The van der Waals surface area contributed by atoms with Gasteiger partial charge in [-0.2, -0.15) is 0 Å². The summed E-state index contributed by atoms with van der Waals surface area (Å²) in [6, 6.07) is 5.60. The molecule has 27 heavy (non-hydrogen) atoms. The van der Waals surface area contributed by atoms with Crippen molar-refractivity contribution in [2.45, 2.75) is 6.42 Å². The number of aliphatic hydroxyl groups is 1. The Balaban J connectivity index is 1.46. The van der Waals surface area contributed by atoms with Gasteiger partial charge < -0.3 is 20.2 Å². The van der Waals surface area contributed by atoms with Crippen molar-refractivity contribution in [3.63, 3.8) is 0 Å². The summed E-state index contributed by atoms with van der Waals surface area (Å²) in [5, 5.41) is 16.3. The van der Waals surface area contributed by atoms with E-state index in [4.69, 9.17) is 5.11 Å². The van der Waals surface area contributed by atoms with Gasteiger partial charge in [-0.15, -0.1) is 11.3 Å². The summed E-state index contributed by atoms with van der Waals surface area (Å²) in [4.78, 5) is 36.6. The van der Waals surface area contributed by atoms with Crippen LogP contribution < -0.4 is 15.5 Å². The highest BCUT2D eigenvalue weighted by molar-refractivity contribution is 7.13. The lowest BCUT2D eigenvalue weighted by atomic mass is 10.3. The number of nitrogens with one attached hydrogen (secondary N) is 2. The van der Waals surface area contributed by atoms with Gasteiger partial charge in [-0.05, 0) is 12.1 Å². The molecule has 10 heteroatoms. The SMILES string of the molecule is O=C(Cc1csc(NC(=O)N2CCN(c3ccccn3)CC2)n1)NCCO. The number of hydrogen-bond donors (Lipinski definition) is 3. The second-order valence-electron chi connectivity index (χ2n) is 5.99. The van der Waals surface area contributed by atoms with E-state index in [2.05, 4.69) is 25.5 Å². The van der Waals surface area contributed by atoms with E-state index in [1.54, 1.807) is 16.5 Å². The summed E-state index contributed by atoms with van der Waals surface area (Å²) in [7, 11) is 0. The number of carbonyl (C=O) groups excluding carboxylic acids is 2. The summed E-state index contributed by atoms with van der Waals surface area (Å²) in [5.74, 6) is 0.708. The van der Waals surface area contributed by atoms with Crippen LogP contribution in [0.5, 0.6) is 0 Å². The largest absolute Gasteiger partial charge is 0.395 e. The first kappa shape index (κ1) is 19.1. The van der Waals surface area contributed by atoms with Gasteiger partial charge in [-0.3, -0.25) is 10.1 Å². The molecule has 0 spiro atoms. The highest BCUT2D eigenvalue weighted by Crippen LogP contribution is 2.18. The zero-order chi connectivity index (χ0) is 19.1. The summed E-state index contributed by atoms with van der Waals surface area (Å²) in [6.07, 6.45) is 1.88. The van der Waals surface area contributed by atoms with Crippen molar-refractivity contribution in [1.29, 1.82) is 0 Å². The molecule has 0 bridgehead atoms. The van der Waals surface area contributed by atoms with Gasteiger partial charge in [0.1, 0.15) is 5.82 Å². The van der Waals surface area contributed by atoms with Gasteiger partial charge in [0, 0.05) is 44.3 Å². The number of carbonyl (C=O) groups is 2. The summed E-state index contributed by atoms with van der Waals surface area (Å²) in [6.45, 7) is 2.76. The average Bonchev–Trinajstić information content (AvgIpc) is 3.13. The fourth-order valence-corrected chi connectivity index (χ4v) is 3.42. The Morgan fingerprint density at radius 1 is 1.22 bits per heavy atom. The number of piperazine rings is 1. The zero-order valence-electron chi connectivity index (χ0n) is 14.8. The monoisotopic (exact) mass is 390 g/mol. The number of hydrogen-bond acceptors (Lipinski definition) is 7. The molecule has 1 aliphatic rings. The van der Waals surface area contributed by atoms with Gasteiger partial charge in [0.15, 0.2) is 5.13 Å². The maximum atomic E-state index is 12.4. The zero-order valence-corrected chi connectivity index (χ0v) is 15.6. The summed E-state index contributed by atoms with van der Waals surface area (Å²) in [5.41, 5.74) is 0.589. The first-order valence-corrected chi connectivity index (χ1v) is 9.57. The molecular weight excluding hydrogens is 368 g/mol. The molecular formula is C17H22N6O3S. The minimum atomic E-state index is -0.210. The summed E-state index contributed by atoms with van der Waals surface area (Å²) >= 11 is 1.29. The number of aromatic nitrogens is 2. The lowest BCUT2D eigenvalue weighted by Crippen LogP contribution is -2.50. The molecule has 3 amide bonds. The molecule has 0 saturated carbocycles. The number of thiazole rings is 1. The molecule has 0 radical (unpaired) electrons. The van der Waals surface area contributed by atoms with E-state index in [-0.39, 0.29) is 31.5 Å². The first-order chi connectivity index (χ1) is 13.2. The molecule has 0 atom stereocenters. The van der Waals surface area contributed by atoms with Crippen LogP contribution in [0.3, 0.4) is 0 Å². The molecule has 0 unspecified atom stereocenters. The van der Waals surface area contributed by atoms with Crippen molar-refractivity contribution in [2.75, 3.05) is 49.5 Å². The van der Waals surface area contributed by atoms with Crippen molar-refractivity contribution in [3.8, 4) is 0 Å². The van der Waals surface area contributed by atoms with Crippen LogP contribution in [0.2, 0.25) is 0 Å². The number of rotatable bonds is 6. The van der Waals surface area contributed by atoms with E-state index < -0.39 is 0 Å². The summed E-state index contributed by atoms with van der Waals surface area (Å²) < 4.78 is 0. The normalized spacial score (nSPS) is 14.1. The van der Waals surface area contributed by atoms with Gasteiger partial charge >= 0.3 is 6.03 Å². The molecule has 1 aliphatic heterocycles. The van der Waals surface area contributed by atoms with E-state index in [1.165, 1.54) is 11.3 Å². The number of aliphatic hydroxyl groups excluding tert-OH is 1. The second-order valence-corrected chi connectivity index (χ2v) is 6.84. The molecule has 1 fully saturated rings. The lowest BCUT2D eigenvalue weighted by Gasteiger charge is -2.35. The number of anilines is 2. The number of pyridine rings is 1. The average molecular weight is 390 g/mol. The Bertz CT molecular complexity index is 761. The fraction of sp³-hybridized carbons (Fsp3) is 0.412. The second kappa shape index (κ2) is 9.28. The fourth-order valence-electron chi connectivity index (χ4n) is 2.72. The van der Waals surface area contributed by atoms with Gasteiger partial charge in [-0.1, -0.05) is 6.07 Å². The van der Waals surface area contributed by atoms with Gasteiger partial charge in [0.2, 0.25) is 5.91 Å². The maximum Gasteiger partial charge on any atom is 0.323 e. The maximum absolute atomic E-state index is 12.4. The molecule has 3 heterocycles. The minimum Gasteiger partial charge on any atom is -0.395 e. The van der Waals surface area contributed by atoms with Gasteiger partial charge in [0.25, 0.3) is 0 Å². The van der Waals surface area contributed by atoms with Crippen LogP contribution in [0.25, 0.3) is 0 Å². The Morgan fingerprint density at radius 3 is 2.74 bits per heavy atom. The van der Waals surface area contributed by atoms with E-state index in [9.17, 15) is 9.59 Å². The molecule has 2 aromatic rings. The van der Waals surface area contributed by atoms with Crippen molar-refractivity contribution in [1.82, 2.24) is 20.2 Å². The van der Waals surface area contributed by atoms with Crippen LogP contribution in [0.15, 0.2) is 29.8 Å². The van der Waals surface area contributed by atoms with Crippen LogP contribution in [-0.4, -0.2) is 71.2 Å². The smallest absolute Gasteiger partial charge is 0.323 e. The Hall–Kier alpha value is -2.72. The molecule has 144 valence electrons. The third kappa shape index (κ3) is 5.38. The topological polar surface area (TPSA) is 111 Å². The molecule has 1 saturated heterocycles. The van der Waals surface area contributed by atoms with E-state index >= 15 is 0 Å². The van der Waals surface area contributed by atoms with Crippen LogP contribution in [0, 0.1) is 0 Å². The first-order valence-electron chi connectivity index (χ1n) is 8.69. The quantitative estimate of drug-likeness (QED) is 0.664. The molecule has 3 rings (SSSR count). The Kier molecular flexibility index (Phi) is 6.55. The molecule has 9 nitrogen and oxygen atoms in total. The van der Waals surface area contributed by atoms with Crippen LogP contribution >= 0.6 is 11.3 Å². The number of amides is 3. The highest BCUT2D eigenvalue weighted by atomic mass is 32.1.